The number of halogens is 1. The van der Waals surface area contributed by atoms with E-state index >= 15 is 0 Å². The average Bonchev–Trinajstić information content (AvgIpc) is 3.02. The maximum atomic E-state index is 13.0. The number of carbonyl (C=O) groups is 2. The lowest BCUT2D eigenvalue weighted by Crippen LogP contribution is -2.25. The van der Waals surface area contributed by atoms with Crippen LogP contribution in [0.2, 0.25) is 0 Å². The summed E-state index contributed by atoms with van der Waals surface area (Å²) in [6.07, 6.45) is 0. The molecule has 0 radical (unpaired) electrons. The second-order valence-electron chi connectivity index (χ2n) is 5.12. The molecule has 0 fully saturated rings. The number of thiophene rings is 1. The maximum Gasteiger partial charge on any atom is 0.351 e. The number of hydrogen-bond acceptors (Lipinski definition) is 6. The number of methoxy groups -OCH3 is 1. The Morgan fingerprint density at radius 1 is 1.20 bits per heavy atom. The first kappa shape index (κ1) is 16.8. The quantitative estimate of drug-likeness (QED) is 0.670. The van der Waals surface area contributed by atoms with E-state index in [2.05, 4.69) is 4.74 Å². The molecule has 1 aromatic carbocycles. The minimum absolute atomic E-state index is 0.212. The summed E-state index contributed by atoms with van der Waals surface area (Å²) >= 11 is 1.17. The number of carbonyl (C=O) groups excluding carboxylic acids is 2. The molecule has 0 saturated heterocycles. The van der Waals surface area contributed by atoms with Crippen LogP contribution in [-0.4, -0.2) is 26.0 Å². The number of benzene rings is 1. The molecule has 3 rings (SSSR count). The van der Waals surface area contributed by atoms with Gasteiger partial charge >= 0.3 is 11.6 Å². The van der Waals surface area contributed by atoms with Crippen molar-refractivity contribution in [3.8, 4) is 0 Å². The molecule has 6 nitrogen and oxygen atoms in total. The van der Waals surface area contributed by atoms with Crippen molar-refractivity contribution in [1.82, 2.24) is 0 Å². The SMILES string of the molecule is COC(=O)c1cc2sc(N(C)C(=O)c3ccc(F)cc3)cc2oc1=O. The lowest BCUT2D eigenvalue weighted by molar-refractivity contribution is 0.0596. The summed E-state index contributed by atoms with van der Waals surface area (Å²) in [4.78, 5) is 37.2. The van der Waals surface area contributed by atoms with E-state index in [-0.39, 0.29) is 17.1 Å². The van der Waals surface area contributed by atoms with Crippen LogP contribution in [0.25, 0.3) is 10.3 Å². The highest BCUT2D eigenvalue weighted by Gasteiger charge is 2.19. The average molecular weight is 361 g/mol. The molecule has 25 heavy (non-hydrogen) atoms. The zero-order valence-electron chi connectivity index (χ0n) is 13.2. The molecule has 0 aliphatic rings. The number of nitrogens with zero attached hydrogens (tertiary/aromatic N) is 1. The lowest BCUT2D eigenvalue weighted by atomic mass is 10.2. The van der Waals surface area contributed by atoms with Crippen LogP contribution in [0.1, 0.15) is 20.7 Å². The van der Waals surface area contributed by atoms with Gasteiger partial charge in [-0.05, 0) is 30.3 Å². The van der Waals surface area contributed by atoms with Gasteiger partial charge in [0.05, 0.1) is 11.8 Å². The molecule has 3 aromatic rings. The van der Waals surface area contributed by atoms with Crippen LogP contribution < -0.4 is 10.5 Å². The molecule has 0 spiro atoms. The lowest BCUT2D eigenvalue weighted by Gasteiger charge is -2.14. The fourth-order valence-corrected chi connectivity index (χ4v) is 3.19. The van der Waals surface area contributed by atoms with Gasteiger partial charge in [-0.25, -0.2) is 14.0 Å². The summed E-state index contributed by atoms with van der Waals surface area (Å²) in [7, 11) is 2.72. The fourth-order valence-electron chi connectivity index (χ4n) is 2.20. The van der Waals surface area contributed by atoms with E-state index < -0.39 is 17.4 Å². The van der Waals surface area contributed by atoms with E-state index in [0.29, 0.717) is 15.3 Å². The van der Waals surface area contributed by atoms with Gasteiger partial charge in [0, 0.05) is 18.7 Å². The van der Waals surface area contributed by atoms with Crippen molar-refractivity contribution in [2.75, 3.05) is 19.1 Å². The van der Waals surface area contributed by atoms with Crippen LogP contribution in [0, 0.1) is 5.82 Å². The summed E-state index contributed by atoms with van der Waals surface area (Å²) in [6, 6.07) is 8.08. The van der Waals surface area contributed by atoms with Crippen LogP contribution >= 0.6 is 11.3 Å². The molecule has 0 atom stereocenters. The number of fused-ring (bicyclic) bond motifs is 1. The monoisotopic (exact) mass is 361 g/mol. The molecule has 0 aliphatic carbocycles. The van der Waals surface area contributed by atoms with Crippen LogP contribution in [0.15, 0.2) is 45.6 Å². The molecular weight excluding hydrogens is 349 g/mol. The van der Waals surface area contributed by atoms with Gasteiger partial charge in [-0.3, -0.25) is 4.79 Å². The Bertz CT molecular complexity index is 1020. The Morgan fingerprint density at radius 2 is 1.88 bits per heavy atom. The summed E-state index contributed by atoms with van der Waals surface area (Å²) < 4.78 is 23.2. The Kier molecular flexibility index (Phi) is 4.37. The molecule has 2 heterocycles. The van der Waals surface area contributed by atoms with Crippen molar-refractivity contribution in [3.63, 3.8) is 0 Å². The van der Waals surface area contributed by atoms with E-state index in [4.69, 9.17) is 4.42 Å². The summed E-state index contributed by atoms with van der Waals surface area (Å²) in [5.74, 6) is -1.57. The van der Waals surface area contributed by atoms with Crippen LogP contribution in [0.4, 0.5) is 9.39 Å². The Balaban J connectivity index is 1.98. The minimum Gasteiger partial charge on any atom is -0.465 e. The molecular formula is C17H12FNO5S. The first-order valence-corrected chi connectivity index (χ1v) is 7.92. The van der Waals surface area contributed by atoms with E-state index in [1.165, 1.54) is 59.7 Å². The summed E-state index contributed by atoms with van der Waals surface area (Å²) in [5.41, 5.74) is -0.443. The van der Waals surface area contributed by atoms with Crippen molar-refractivity contribution in [3.05, 3.63) is 63.8 Å². The van der Waals surface area contributed by atoms with E-state index in [9.17, 15) is 18.8 Å². The Morgan fingerprint density at radius 3 is 2.52 bits per heavy atom. The standard InChI is InChI=1S/C17H12FNO5S/c1-19(15(20)9-3-5-10(18)6-4-9)14-8-12-13(25-14)7-11(16(21)23-2)17(22)24-12/h3-8H,1-2H3. The number of anilines is 1. The number of amides is 1. The fraction of sp³-hybridized carbons (Fsp3) is 0.118. The third-order valence-corrected chi connectivity index (χ3v) is 4.68. The van der Waals surface area contributed by atoms with Gasteiger partial charge in [0.1, 0.15) is 16.4 Å². The molecule has 1 amide bonds. The van der Waals surface area contributed by atoms with Gasteiger partial charge in [-0.1, -0.05) is 0 Å². The topological polar surface area (TPSA) is 76.8 Å². The van der Waals surface area contributed by atoms with Crippen LogP contribution in [-0.2, 0) is 4.74 Å². The normalized spacial score (nSPS) is 10.7. The van der Waals surface area contributed by atoms with Crippen molar-refractivity contribution in [2.45, 2.75) is 0 Å². The molecule has 8 heteroatoms. The summed E-state index contributed by atoms with van der Waals surface area (Å²) in [5, 5.41) is 0.509. The number of ether oxygens (including phenoxy) is 1. The number of esters is 1. The van der Waals surface area contributed by atoms with Gasteiger partial charge in [-0.15, -0.1) is 11.3 Å². The molecule has 0 saturated carbocycles. The molecule has 0 bridgehead atoms. The van der Waals surface area contributed by atoms with Gasteiger partial charge in [0.25, 0.3) is 5.91 Å². The third kappa shape index (κ3) is 3.16. The second-order valence-corrected chi connectivity index (χ2v) is 6.19. The third-order valence-electron chi connectivity index (χ3n) is 3.54. The van der Waals surface area contributed by atoms with Gasteiger partial charge in [0.15, 0.2) is 5.58 Å². The van der Waals surface area contributed by atoms with Gasteiger partial charge in [-0.2, -0.15) is 0 Å². The number of hydrogen-bond donors (Lipinski definition) is 0. The van der Waals surface area contributed by atoms with E-state index in [0.717, 1.165) is 0 Å². The Labute approximate surface area is 145 Å². The predicted octanol–water partition coefficient (Wildman–Crippen LogP) is 3.06. The first-order valence-electron chi connectivity index (χ1n) is 7.10. The summed E-state index contributed by atoms with van der Waals surface area (Å²) in [6.45, 7) is 0. The van der Waals surface area contributed by atoms with Gasteiger partial charge in [0.2, 0.25) is 0 Å². The molecule has 2 aromatic heterocycles. The molecule has 0 N–H and O–H groups in total. The van der Waals surface area contributed by atoms with E-state index in [1.54, 1.807) is 7.05 Å². The maximum absolute atomic E-state index is 13.0. The highest BCUT2D eigenvalue weighted by atomic mass is 32.1. The first-order chi connectivity index (χ1) is 11.9. The largest absolute Gasteiger partial charge is 0.465 e. The van der Waals surface area contributed by atoms with Crippen LogP contribution in [0.5, 0.6) is 0 Å². The number of rotatable bonds is 3. The second kappa shape index (κ2) is 6.48. The van der Waals surface area contributed by atoms with Crippen molar-refractivity contribution in [1.29, 1.82) is 0 Å². The predicted molar refractivity (Wildman–Crippen MR) is 90.8 cm³/mol. The highest BCUT2D eigenvalue weighted by molar-refractivity contribution is 7.22. The molecule has 128 valence electrons. The zero-order chi connectivity index (χ0) is 18.1. The van der Waals surface area contributed by atoms with E-state index in [1.807, 2.05) is 0 Å². The molecule has 0 aliphatic heterocycles. The Hall–Kier alpha value is -3.00. The highest BCUT2D eigenvalue weighted by Crippen LogP contribution is 2.32. The molecule has 0 unspecified atom stereocenters. The smallest absolute Gasteiger partial charge is 0.351 e. The van der Waals surface area contributed by atoms with Gasteiger partial charge < -0.3 is 14.1 Å². The van der Waals surface area contributed by atoms with Crippen molar-refractivity contribution in [2.24, 2.45) is 0 Å². The zero-order valence-corrected chi connectivity index (χ0v) is 14.1. The van der Waals surface area contributed by atoms with Crippen LogP contribution in [0.3, 0.4) is 0 Å². The van der Waals surface area contributed by atoms with Crippen molar-refractivity contribution >= 4 is 38.5 Å². The van der Waals surface area contributed by atoms with Crippen molar-refractivity contribution < 1.29 is 23.1 Å². The minimum atomic E-state index is -0.809.